The third kappa shape index (κ3) is 3.39. The lowest BCUT2D eigenvalue weighted by Crippen LogP contribution is -1.97. The molecule has 0 atom stereocenters. The maximum absolute atomic E-state index is 13.4. The fourth-order valence-corrected chi connectivity index (χ4v) is 2.35. The van der Waals surface area contributed by atoms with Gasteiger partial charge in [-0.25, -0.2) is 8.78 Å². The Morgan fingerprint density at radius 1 is 1.00 bits per heavy atom. The number of rotatable bonds is 3. The Balaban J connectivity index is 2.23. The van der Waals surface area contributed by atoms with E-state index in [4.69, 9.17) is 34.8 Å². The summed E-state index contributed by atoms with van der Waals surface area (Å²) in [6.45, 7) is 0. The van der Waals surface area contributed by atoms with Gasteiger partial charge in [0.05, 0.1) is 27.5 Å². The highest BCUT2D eigenvalue weighted by Gasteiger charge is 2.08. The van der Waals surface area contributed by atoms with Gasteiger partial charge in [-0.2, -0.15) is 5.10 Å². The van der Waals surface area contributed by atoms with Gasteiger partial charge in [0.2, 0.25) is 0 Å². The molecule has 0 aliphatic rings. The van der Waals surface area contributed by atoms with Gasteiger partial charge in [-0.3, -0.25) is 5.43 Å². The Morgan fingerprint density at radius 3 is 2.10 bits per heavy atom. The Kier molecular flexibility index (Phi) is 4.81. The maximum atomic E-state index is 13.4. The van der Waals surface area contributed by atoms with Crippen LogP contribution in [0, 0.1) is 11.6 Å². The quantitative estimate of drug-likeness (QED) is 0.592. The molecule has 0 heterocycles. The van der Waals surface area contributed by atoms with Crippen LogP contribution in [0.2, 0.25) is 15.1 Å². The molecule has 20 heavy (non-hydrogen) atoms. The van der Waals surface area contributed by atoms with E-state index in [1.54, 1.807) is 0 Å². The summed E-state index contributed by atoms with van der Waals surface area (Å²) >= 11 is 17.6. The van der Waals surface area contributed by atoms with E-state index in [0.717, 1.165) is 18.3 Å². The highest BCUT2D eigenvalue weighted by molar-refractivity contribution is 6.41. The van der Waals surface area contributed by atoms with Gasteiger partial charge in [-0.05, 0) is 24.3 Å². The smallest absolute Gasteiger partial charge is 0.134 e. The van der Waals surface area contributed by atoms with E-state index in [9.17, 15) is 8.78 Å². The highest BCUT2D eigenvalue weighted by Crippen LogP contribution is 2.33. The molecule has 2 nitrogen and oxygen atoms in total. The summed E-state index contributed by atoms with van der Waals surface area (Å²) in [5, 5.41) is 4.58. The first-order valence-electron chi connectivity index (χ1n) is 5.36. The van der Waals surface area contributed by atoms with Crippen molar-refractivity contribution >= 4 is 46.7 Å². The van der Waals surface area contributed by atoms with Crippen LogP contribution in [0.15, 0.2) is 35.4 Å². The number of nitrogens with zero attached hydrogens (tertiary/aromatic N) is 1. The molecule has 1 N–H and O–H groups in total. The highest BCUT2D eigenvalue weighted by atomic mass is 35.5. The van der Waals surface area contributed by atoms with Crippen LogP contribution in [-0.2, 0) is 0 Å². The Morgan fingerprint density at radius 2 is 1.55 bits per heavy atom. The molecule has 0 radical (unpaired) electrons. The van der Waals surface area contributed by atoms with Gasteiger partial charge >= 0.3 is 0 Å². The predicted molar refractivity (Wildman–Crippen MR) is 79.0 cm³/mol. The average molecular weight is 336 g/mol. The first-order chi connectivity index (χ1) is 9.49. The van der Waals surface area contributed by atoms with Crippen LogP contribution in [0.1, 0.15) is 5.56 Å². The van der Waals surface area contributed by atoms with E-state index in [1.165, 1.54) is 18.2 Å². The van der Waals surface area contributed by atoms with Crippen LogP contribution in [0.3, 0.4) is 0 Å². The number of hydrogen-bond donors (Lipinski definition) is 1. The molecule has 0 saturated carbocycles. The van der Waals surface area contributed by atoms with Crippen LogP contribution < -0.4 is 5.43 Å². The van der Waals surface area contributed by atoms with Crippen molar-refractivity contribution in [2.75, 3.05) is 5.43 Å². The summed E-state index contributed by atoms with van der Waals surface area (Å²) in [7, 11) is 0. The second-order valence-corrected chi connectivity index (χ2v) is 5.00. The van der Waals surface area contributed by atoms with E-state index in [1.807, 2.05) is 0 Å². The lowest BCUT2D eigenvalue weighted by atomic mass is 10.2. The standard InChI is InChI=1S/C13H7Cl3F2N2/c14-7-4-9(15)13(10(16)5-7)20-19-6-8-11(17)2-1-3-12(8)18/h1-6,20H/b19-6-. The van der Waals surface area contributed by atoms with Crippen molar-refractivity contribution in [1.82, 2.24) is 0 Å². The van der Waals surface area contributed by atoms with Crippen molar-refractivity contribution in [2.45, 2.75) is 0 Å². The molecule has 0 bridgehead atoms. The van der Waals surface area contributed by atoms with Crippen LogP contribution in [-0.4, -0.2) is 6.21 Å². The number of hydrogen-bond acceptors (Lipinski definition) is 2. The minimum Gasteiger partial charge on any atom is -0.275 e. The normalized spacial score (nSPS) is 11.1. The van der Waals surface area contributed by atoms with Gasteiger partial charge in [-0.15, -0.1) is 0 Å². The third-order valence-electron chi connectivity index (χ3n) is 2.38. The zero-order valence-corrected chi connectivity index (χ0v) is 12.1. The second kappa shape index (κ2) is 6.39. The van der Waals surface area contributed by atoms with E-state index < -0.39 is 11.6 Å². The predicted octanol–water partition coefficient (Wildman–Crippen LogP) is 5.37. The monoisotopic (exact) mass is 334 g/mol. The maximum Gasteiger partial charge on any atom is 0.134 e. The van der Waals surface area contributed by atoms with Gasteiger partial charge < -0.3 is 0 Å². The Hall–Kier alpha value is -1.36. The molecule has 0 aliphatic heterocycles. The molecule has 104 valence electrons. The fraction of sp³-hybridized carbons (Fsp3) is 0. The third-order valence-corrected chi connectivity index (χ3v) is 3.19. The summed E-state index contributed by atoms with van der Waals surface area (Å²) < 4.78 is 26.7. The van der Waals surface area contributed by atoms with Crippen LogP contribution in [0.25, 0.3) is 0 Å². The molecule has 0 aromatic heterocycles. The molecule has 2 aromatic rings. The SMILES string of the molecule is Fc1cccc(F)c1/C=N\Nc1c(Cl)cc(Cl)cc1Cl. The first-order valence-corrected chi connectivity index (χ1v) is 6.50. The number of halogens is 5. The van der Waals surface area contributed by atoms with Gasteiger partial charge in [0.15, 0.2) is 0 Å². The van der Waals surface area contributed by atoms with Crippen molar-refractivity contribution in [3.05, 3.63) is 62.6 Å². The molecule has 0 spiro atoms. The molecule has 2 aromatic carbocycles. The van der Waals surface area contributed by atoms with Crippen LogP contribution >= 0.6 is 34.8 Å². The summed E-state index contributed by atoms with van der Waals surface area (Å²) in [6, 6.07) is 6.47. The van der Waals surface area contributed by atoms with E-state index in [-0.39, 0.29) is 15.6 Å². The molecule has 2 rings (SSSR count). The van der Waals surface area contributed by atoms with Crippen molar-refractivity contribution in [3.8, 4) is 0 Å². The Labute approximate surface area is 129 Å². The van der Waals surface area contributed by atoms with Gasteiger partial charge in [-0.1, -0.05) is 40.9 Å². The van der Waals surface area contributed by atoms with Gasteiger partial charge in [0.25, 0.3) is 0 Å². The number of nitrogens with one attached hydrogen (secondary N) is 1. The van der Waals surface area contributed by atoms with E-state index in [0.29, 0.717) is 10.7 Å². The van der Waals surface area contributed by atoms with Crippen molar-refractivity contribution in [1.29, 1.82) is 0 Å². The largest absolute Gasteiger partial charge is 0.275 e. The molecule has 0 aliphatic carbocycles. The minimum absolute atomic E-state index is 0.244. The average Bonchev–Trinajstić information content (AvgIpc) is 2.35. The lowest BCUT2D eigenvalue weighted by molar-refractivity contribution is 0.580. The zero-order valence-electron chi connectivity index (χ0n) is 9.80. The molecule has 0 fully saturated rings. The van der Waals surface area contributed by atoms with Crippen molar-refractivity contribution < 1.29 is 8.78 Å². The molecule has 0 amide bonds. The van der Waals surface area contributed by atoms with E-state index >= 15 is 0 Å². The molecular formula is C13H7Cl3F2N2. The molecule has 7 heteroatoms. The fourth-order valence-electron chi connectivity index (χ4n) is 1.44. The zero-order chi connectivity index (χ0) is 14.7. The second-order valence-electron chi connectivity index (χ2n) is 3.75. The van der Waals surface area contributed by atoms with Gasteiger partial charge in [0, 0.05) is 5.02 Å². The van der Waals surface area contributed by atoms with Crippen LogP contribution in [0.4, 0.5) is 14.5 Å². The van der Waals surface area contributed by atoms with E-state index in [2.05, 4.69) is 10.5 Å². The van der Waals surface area contributed by atoms with Gasteiger partial charge in [0.1, 0.15) is 11.6 Å². The topological polar surface area (TPSA) is 24.4 Å². The van der Waals surface area contributed by atoms with Crippen molar-refractivity contribution in [2.24, 2.45) is 5.10 Å². The Bertz CT molecular complexity index is 631. The van der Waals surface area contributed by atoms with Crippen molar-refractivity contribution in [3.63, 3.8) is 0 Å². The number of benzene rings is 2. The summed E-state index contributed by atoms with van der Waals surface area (Å²) in [6.07, 6.45) is 1.01. The summed E-state index contributed by atoms with van der Waals surface area (Å²) in [5.41, 5.74) is 2.56. The molecule has 0 unspecified atom stereocenters. The summed E-state index contributed by atoms with van der Waals surface area (Å²) in [4.78, 5) is 0. The lowest BCUT2D eigenvalue weighted by Gasteiger charge is -2.06. The molecular weight excluding hydrogens is 329 g/mol. The first kappa shape index (κ1) is 15.0. The number of hydrazone groups is 1. The molecule has 0 saturated heterocycles. The minimum atomic E-state index is -0.719. The number of anilines is 1. The summed E-state index contributed by atoms with van der Waals surface area (Å²) in [5.74, 6) is -1.44. The van der Waals surface area contributed by atoms with Crippen LogP contribution in [0.5, 0.6) is 0 Å².